The molecule has 2 aromatic heterocycles. The molecule has 4 rings (SSSR count). The summed E-state index contributed by atoms with van der Waals surface area (Å²) in [6.45, 7) is 3.95. The Balaban J connectivity index is 1.37. The monoisotopic (exact) mass is 323 g/mol. The maximum Gasteiger partial charge on any atom is 0.226 e. The lowest BCUT2D eigenvalue weighted by Crippen LogP contribution is -2.36. The average Bonchev–Trinajstić information content (AvgIpc) is 3.28. The van der Waals surface area contributed by atoms with Crippen molar-refractivity contribution in [3.8, 4) is 11.5 Å². The highest BCUT2D eigenvalue weighted by molar-refractivity contribution is 5.52. The van der Waals surface area contributed by atoms with Gasteiger partial charge in [-0.1, -0.05) is 18.2 Å². The largest absolute Gasteiger partial charge is 0.444 e. The quantitative estimate of drug-likeness (QED) is 0.722. The lowest BCUT2D eigenvalue weighted by molar-refractivity contribution is 0.151. The number of rotatable bonds is 5. The minimum atomic E-state index is 0.612. The first kappa shape index (κ1) is 15.1. The SMILES string of the molecule is c1ccc(-c2nc(CN3CCC[C@@H](Cn4cncn4)C3)co2)cc1. The number of piperidine rings is 1. The number of oxazole rings is 1. The van der Waals surface area contributed by atoms with Crippen molar-refractivity contribution in [2.75, 3.05) is 13.1 Å². The Kier molecular flexibility index (Phi) is 4.38. The van der Waals surface area contributed by atoms with E-state index < -0.39 is 0 Å². The van der Waals surface area contributed by atoms with Gasteiger partial charge in [0.15, 0.2) is 0 Å². The van der Waals surface area contributed by atoms with Crippen LogP contribution in [0.4, 0.5) is 0 Å². The van der Waals surface area contributed by atoms with E-state index in [0.29, 0.717) is 11.8 Å². The van der Waals surface area contributed by atoms with Gasteiger partial charge in [0, 0.05) is 25.2 Å². The van der Waals surface area contributed by atoms with E-state index >= 15 is 0 Å². The zero-order valence-corrected chi connectivity index (χ0v) is 13.6. The molecule has 24 heavy (non-hydrogen) atoms. The van der Waals surface area contributed by atoms with Crippen LogP contribution in [0.25, 0.3) is 11.5 Å². The van der Waals surface area contributed by atoms with Gasteiger partial charge in [-0.3, -0.25) is 9.58 Å². The first-order chi connectivity index (χ1) is 11.9. The first-order valence-electron chi connectivity index (χ1n) is 8.41. The second kappa shape index (κ2) is 6.97. The summed E-state index contributed by atoms with van der Waals surface area (Å²) in [5.41, 5.74) is 2.02. The van der Waals surface area contributed by atoms with E-state index in [9.17, 15) is 0 Å². The maximum atomic E-state index is 5.64. The van der Waals surface area contributed by atoms with E-state index in [1.54, 1.807) is 18.9 Å². The molecule has 0 spiro atoms. The first-order valence-corrected chi connectivity index (χ1v) is 8.41. The maximum absolute atomic E-state index is 5.64. The van der Waals surface area contributed by atoms with Crippen LogP contribution in [0.3, 0.4) is 0 Å². The van der Waals surface area contributed by atoms with E-state index in [4.69, 9.17) is 4.42 Å². The van der Waals surface area contributed by atoms with Crippen molar-refractivity contribution >= 4 is 0 Å². The minimum Gasteiger partial charge on any atom is -0.444 e. The second-order valence-electron chi connectivity index (χ2n) is 6.37. The van der Waals surface area contributed by atoms with E-state index in [1.807, 2.05) is 35.0 Å². The van der Waals surface area contributed by atoms with Crippen LogP contribution in [-0.4, -0.2) is 37.7 Å². The van der Waals surface area contributed by atoms with Gasteiger partial charge >= 0.3 is 0 Å². The van der Waals surface area contributed by atoms with E-state index in [1.165, 1.54) is 12.8 Å². The number of hydrogen-bond acceptors (Lipinski definition) is 5. The van der Waals surface area contributed by atoms with E-state index in [2.05, 4.69) is 20.0 Å². The molecule has 3 heterocycles. The summed E-state index contributed by atoms with van der Waals surface area (Å²) in [5, 5.41) is 4.22. The number of benzene rings is 1. The number of likely N-dealkylation sites (tertiary alicyclic amines) is 1. The summed E-state index contributed by atoms with van der Waals surface area (Å²) < 4.78 is 7.57. The minimum absolute atomic E-state index is 0.612. The molecule has 6 nitrogen and oxygen atoms in total. The molecule has 0 amide bonds. The van der Waals surface area contributed by atoms with Crippen LogP contribution in [0.1, 0.15) is 18.5 Å². The summed E-state index contributed by atoms with van der Waals surface area (Å²) >= 11 is 0. The molecule has 0 unspecified atom stereocenters. The Morgan fingerprint density at radius 2 is 2.12 bits per heavy atom. The third-order valence-corrected chi connectivity index (χ3v) is 4.47. The Morgan fingerprint density at radius 1 is 1.21 bits per heavy atom. The molecule has 1 aromatic carbocycles. The van der Waals surface area contributed by atoms with Crippen molar-refractivity contribution in [3.05, 3.63) is 54.9 Å². The second-order valence-corrected chi connectivity index (χ2v) is 6.37. The van der Waals surface area contributed by atoms with Gasteiger partial charge in [0.1, 0.15) is 18.9 Å². The lowest BCUT2D eigenvalue weighted by Gasteiger charge is -2.31. The number of nitrogens with zero attached hydrogens (tertiary/aromatic N) is 5. The van der Waals surface area contributed by atoms with Gasteiger partial charge in [-0.2, -0.15) is 5.10 Å². The summed E-state index contributed by atoms with van der Waals surface area (Å²) in [6.07, 6.45) is 7.63. The Labute approximate surface area is 141 Å². The zero-order chi connectivity index (χ0) is 16.2. The third-order valence-electron chi connectivity index (χ3n) is 4.47. The molecule has 0 saturated carbocycles. The van der Waals surface area contributed by atoms with Crippen LogP contribution in [0, 0.1) is 5.92 Å². The van der Waals surface area contributed by atoms with Crippen molar-refractivity contribution in [2.45, 2.75) is 25.9 Å². The molecule has 0 radical (unpaired) electrons. The van der Waals surface area contributed by atoms with Crippen LogP contribution < -0.4 is 0 Å². The molecule has 1 saturated heterocycles. The van der Waals surface area contributed by atoms with Gasteiger partial charge in [0.05, 0.1) is 5.69 Å². The van der Waals surface area contributed by atoms with Gasteiger partial charge in [-0.15, -0.1) is 0 Å². The summed E-state index contributed by atoms with van der Waals surface area (Å²) in [6, 6.07) is 10.0. The molecule has 1 aliphatic heterocycles. The molecule has 6 heteroatoms. The Bertz CT molecular complexity index is 753. The summed E-state index contributed by atoms with van der Waals surface area (Å²) in [4.78, 5) is 11.1. The molecular weight excluding hydrogens is 302 g/mol. The summed E-state index contributed by atoms with van der Waals surface area (Å²) in [7, 11) is 0. The molecule has 0 aliphatic carbocycles. The topological polar surface area (TPSA) is 60.0 Å². The van der Waals surface area contributed by atoms with Crippen LogP contribution in [0.5, 0.6) is 0 Å². The van der Waals surface area contributed by atoms with Crippen LogP contribution in [0.2, 0.25) is 0 Å². The normalized spacial score (nSPS) is 18.8. The van der Waals surface area contributed by atoms with Crippen LogP contribution in [-0.2, 0) is 13.1 Å². The van der Waals surface area contributed by atoms with E-state index in [-0.39, 0.29) is 0 Å². The van der Waals surface area contributed by atoms with Crippen molar-refractivity contribution in [2.24, 2.45) is 5.92 Å². The van der Waals surface area contributed by atoms with Crippen LogP contribution >= 0.6 is 0 Å². The van der Waals surface area contributed by atoms with Crippen LogP contribution in [0.15, 0.2) is 53.7 Å². The van der Waals surface area contributed by atoms with Crippen molar-refractivity contribution < 1.29 is 4.42 Å². The van der Waals surface area contributed by atoms with Crippen molar-refractivity contribution in [1.29, 1.82) is 0 Å². The molecule has 0 bridgehead atoms. The molecule has 1 atom stereocenters. The summed E-state index contributed by atoms with van der Waals surface area (Å²) in [5.74, 6) is 1.31. The standard InChI is InChI=1S/C18H21N5O/c1-2-6-16(7-3-1)18-21-17(12-24-18)11-22-8-4-5-15(9-22)10-23-14-19-13-20-23/h1-3,6-7,12-15H,4-5,8-11H2/t15-/m1/s1. The predicted molar refractivity (Wildman–Crippen MR) is 90.0 cm³/mol. The fourth-order valence-electron chi connectivity index (χ4n) is 3.36. The lowest BCUT2D eigenvalue weighted by atomic mass is 9.98. The fraction of sp³-hybridized carbons (Fsp3) is 0.389. The van der Waals surface area contributed by atoms with E-state index in [0.717, 1.165) is 37.4 Å². The fourth-order valence-corrected chi connectivity index (χ4v) is 3.36. The van der Waals surface area contributed by atoms with Crippen molar-refractivity contribution in [3.63, 3.8) is 0 Å². The van der Waals surface area contributed by atoms with Crippen molar-refractivity contribution in [1.82, 2.24) is 24.6 Å². The van der Waals surface area contributed by atoms with Gasteiger partial charge in [0.2, 0.25) is 5.89 Å². The highest BCUT2D eigenvalue weighted by Gasteiger charge is 2.21. The number of aromatic nitrogens is 4. The molecular formula is C18H21N5O. The van der Waals surface area contributed by atoms with Gasteiger partial charge in [0.25, 0.3) is 0 Å². The zero-order valence-electron chi connectivity index (χ0n) is 13.6. The molecule has 1 aliphatic rings. The molecule has 3 aromatic rings. The van der Waals surface area contributed by atoms with Gasteiger partial charge < -0.3 is 4.42 Å². The highest BCUT2D eigenvalue weighted by Crippen LogP contribution is 2.22. The van der Waals surface area contributed by atoms with Gasteiger partial charge in [-0.25, -0.2) is 9.97 Å². The highest BCUT2D eigenvalue weighted by atomic mass is 16.3. The molecule has 124 valence electrons. The third kappa shape index (κ3) is 3.54. The van der Waals surface area contributed by atoms with Gasteiger partial charge in [-0.05, 0) is 37.4 Å². The number of hydrogen-bond donors (Lipinski definition) is 0. The Hall–Kier alpha value is -2.47. The predicted octanol–water partition coefficient (Wildman–Crippen LogP) is 2.85. The molecule has 0 N–H and O–H groups in total. The molecule has 1 fully saturated rings. The average molecular weight is 323 g/mol. The smallest absolute Gasteiger partial charge is 0.226 e. The Morgan fingerprint density at radius 3 is 2.96 bits per heavy atom.